The number of allylic oxidation sites excluding steroid dienone is 2. The van der Waals surface area contributed by atoms with Crippen molar-refractivity contribution in [3.63, 3.8) is 0 Å². The number of rotatable bonds is 3. The number of carbonyl (C=O) groups excluding carboxylic acids is 1. The molecule has 5 heteroatoms. The number of amides is 1. The molecule has 4 nitrogen and oxygen atoms in total. The number of nitrogens with one attached hydrogen (secondary N) is 1. The van der Waals surface area contributed by atoms with Crippen molar-refractivity contribution >= 4 is 22.4 Å². The summed E-state index contributed by atoms with van der Waals surface area (Å²) >= 11 is 1.66. The molecule has 2 unspecified atom stereocenters. The maximum atomic E-state index is 12.2. The maximum Gasteiger partial charge on any atom is 0.223 e. The fourth-order valence-corrected chi connectivity index (χ4v) is 3.45. The first-order chi connectivity index (χ1) is 9.33. The first-order valence-electron chi connectivity index (χ1n) is 6.93. The van der Waals surface area contributed by atoms with Crippen LogP contribution in [-0.4, -0.2) is 30.0 Å². The number of nitrogens with zero attached hydrogens (tertiary/aromatic N) is 2. The average molecular weight is 277 g/mol. The van der Waals surface area contributed by atoms with E-state index in [1.807, 2.05) is 11.6 Å². The minimum absolute atomic E-state index is 0.180. The van der Waals surface area contributed by atoms with Crippen LogP contribution in [0.3, 0.4) is 0 Å². The van der Waals surface area contributed by atoms with E-state index < -0.39 is 0 Å². The summed E-state index contributed by atoms with van der Waals surface area (Å²) in [6, 6.07) is 0.280. The van der Waals surface area contributed by atoms with Gasteiger partial charge in [-0.25, -0.2) is 4.98 Å². The highest BCUT2D eigenvalue weighted by molar-refractivity contribution is 7.13. The molecule has 0 saturated carbocycles. The first kappa shape index (κ1) is 12.7. The lowest BCUT2D eigenvalue weighted by Crippen LogP contribution is -2.40. The third kappa shape index (κ3) is 2.97. The van der Waals surface area contributed by atoms with Gasteiger partial charge in [-0.15, -0.1) is 11.3 Å². The zero-order valence-corrected chi connectivity index (χ0v) is 11.7. The van der Waals surface area contributed by atoms with Crippen molar-refractivity contribution in [2.45, 2.75) is 31.7 Å². The van der Waals surface area contributed by atoms with Gasteiger partial charge in [0.1, 0.15) is 0 Å². The van der Waals surface area contributed by atoms with Crippen LogP contribution in [0, 0.1) is 5.92 Å². The van der Waals surface area contributed by atoms with Crippen LogP contribution in [0.2, 0.25) is 0 Å². The lowest BCUT2D eigenvalue weighted by Gasteiger charge is -2.21. The monoisotopic (exact) mass is 277 g/mol. The quantitative estimate of drug-likeness (QED) is 0.862. The molecular formula is C14H19N3OS. The van der Waals surface area contributed by atoms with E-state index in [9.17, 15) is 4.79 Å². The van der Waals surface area contributed by atoms with Crippen LogP contribution >= 0.6 is 11.3 Å². The van der Waals surface area contributed by atoms with Gasteiger partial charge in [0.15, 0.2) is 5.13 Å². The summed E-state index contributed by atoms with van der Waals surface area (Å²) in [5.74, 6) is 0.411. The van der Waals surface area contributed by atoms with Crippen LogP contribution < -0.4 is 10.2 Å². The third-order valence-corrected chi connectivity index (χ3v) is 4.70. The molecule has 1 aromatic heterocycles. The zero-order valence-electron chi connectivity index (χ0n) is 10.9. The van der Waals surface area contributed by atoms with Gasteiger partial charge in [-0.1, -0.05) is 12.2 Å². The van der Waals surface area contributed by atoms with Crippen LogP contribution in [0.15, 0.2) is 23.7 Å². The van der Waals surface area contributed by atoms with Crippen molar-refractivity contribution in [3.05, 3.63) is 23.7 Å². The zero-order chi connectivity index (χ0) is 13.1. The van der Waals surface area contributed by atoms with Crippen molar-refractivity contribution in [3.8, 4) is 0 Å². The van der Waals surface area contributed by atoms with Crippen LogP contribution in [0.25, 0.3) is 0 Å². The normalized spacial score (nSPS) is 26.6. The van der Waals surface area contributed by atoms with E-state index in [0.29, 0.717) is 0 Å². The highest BCUT2D eigenvalue weighted by Gasteiger charge is 2.27. The summed E-state index contributed by atoms with van der Waals surface area (Å²) in [5, 5.41) is 6.27. The smallest absolute Gasteiger partial charge is 0.223 e. The second-order valence-electron chi connectivity index (χ2n) is 5.24. The van der Waals surface area contributed by atoms with Crippen molar-refractivity contribution in [1.29, 1.82) is 0 Å². The molecule has 2 heterocycles. The predicted molar refractivity (Wildman–Crippen MR) is 77.4 cm³/mol. The Kier molecular flexibility index (Phi) is 3.82. The Morgan fingerprint density at radius 3 is 3.11 bits per heavy atom. The molecule has 0 radical (unpaired) electrons. The van der Waals surface area contributed by atoms with Gasteiger partial charge in [-0.05, 0) is 25.7 Å². The molecule has 1 fully saturated rings. The van der Waals surface area contributed by atoms with Crippen molar-refractivity contribution in [1.82, 2.24) is 10.3 Å². The van der Waals surface area contributed by atoms with Gasteiger partial charge < -0.3 is 10.2 Å². The Morgan fingerprint density at radius 2 is 2.37 bits per heavy atom. The molecule has 1 amide bonds. The van der Waals surface area contributed by atoms with E-state index in [1.54, 1.807) is 11.3 Å². The summed E-state index contributed by atoms with van der Waals surface area (Å²) in [6.07, 6.45) is 10.1. The Bertz CT molecular complexity index is 457. The molecular weight excluding hydrogens is 258 g/mol. The van der Waals surface area contributed by atoms with Crippen LogP contribution in [0.5, 0.6) is 0 Å². The Morgan fingerprint density at radius 1 is 1.42 bits per heavy atom. The molecule has 1 aliphatic heterocycles. The minimum atomic E-state index is 0.180. The topological polar surface area (TPSA) is 45.2 Å². The molecule has 2 aliphatic rings. The summed E-state index contributed by atoms with van der Waals surface area (Å²) < 4.78 is 0. The number of aromatic nitrogens is 1. The molecule has 102 valence electrons. The lowest BCUT2D eigenvalue weighted by molar-refractivity contribution is -0.125. The van der Waals surface area contributed by atoms with Gasteiger partial charge in [0.05, 0.1) is 0 Å². The predicted octanol–water partition coefficient (Wildman–Crippen LogP) is 2.19. The molecule has 0 bridgehead atoms. The van der Waals surface area contributed by atoms with Crippen molar-refractivity contribution < 1.29 is 4.79 Å². The Hall–Kier alpha value is -1.36. The third-order valence-electron chi connectivity index (χ3n) is 3.86. The number of thiazole rings is 1. The summed E-state index contributed by atoms with van der Waals surface area (Å²) in [7, 11) is 0. The first-order valence-corrected chi connectivity index (χ1v) is 7.80. The Balaban J connectivity index is 1.51. The fraction of sp³-hybridized carbons (Fsp3) is 0.571. The average Bonchev–Trinajstić information content (AvgIpc) is 3.10. The van der Waals surface area contributed by atoms with Gasteiger partial charge in [-0.3, -0.25) is 4.79 Å². The van der Waals surface area contributed by atoms with Gasteiger partial charge in [-0.2, -0.15) is 0 Å². The molecule has 0 spiro atoms. The Labute approximate surface area is 117 Å². The van der Waals surface area contributed by atoms with Gasteiger partial charge in [0.2, 0.25) is 5.91 Å². The number of carbonyl (C=O) groups is 1. The van der Waals surface area contributed by atoms with E-state index in [4.69, 9.17) is 0 Å². The van der Waals surface area contributed by atoms with Crippen LogP contribution in [0.4, 0.5) is 5.13 Å². The van der Waals surface area contributed by atoms with Crippen LogP contribution in [0.1, 0.15) is 25.7 Å². The van der Waals surface area contributed by atoms with Gasteiger partial charge >= 0.3 is 0 Å². The molecule has 1 aliphatic carbocycles. The van der Waals surface area contributed by atoms with Crippen molar-refractivity contribution in [2.75, 3.05) is 18.0 Å². The molecule has 0 aromatic carbocycles. The lowest BCUT2D eigenvalue weighted by atomic mass is 9.93. The van der Waals surface area contributed by atoms with E-state index in [-0.39, 0.29) is 17.9 Å². The molecule has 1 aromatic rings. The number of hydrogen-bond acceptors (Lipinski definition) is 4. The molecule has 3 rings (SSSR count). The summed E-state index contributed by atoms with van der Waals surface area (Å²) in [4.78, 5) is 18.8. The second-order valence-corrected chi connectivity index (χ2v) is 6.11. The van der Waals surface area contributed by atoms with E-state index in [2.05, 4.69) is 27.4 Å². The number of anilines is 1. The maximum absolute atomic E-state index is 12.2. The van der Waals surface area contributed by atoms with Gasteiger partial charge in [0, 0.05) is 36.6 Å². The molecule has 1 saturated heterocycles. The minimum Gasteiger partial charge on any atom is -0.351 e. The van der Waals surface area contributed by atoms with E-state index >= 15 is 0 Å². The fourth-order valence-electron chi connectivity index (χ4n) is 2.77. The summed E-state index contributed by atoms with van der Waals surface area (Å²) in [5.41, 5.74) is 0. The molecule has 19 heavy (non-hydrogen) atoms. The SMILES string of the molecule is O=C(NC1CCN(c2nccs2)C1)C1CC=CCC1. The number of hydrogen-bond donors (Lipinski definition) is 1. The largest absolute Gasteiger partial charge is 0.351 e. The van der Waals surface area contributed by atoms with Gasteiger partial charge in [0.25, 0.3) is 0 Å². The second kappa shape index (κ2) is 5.74. The summed E-state index contributed by atoms with van der Waals surface area (Å²) in [6.45, 7) is 1.88. The van der Waals surface area contributed by atoms with E-state index in [1.165, 1.54) is 0 Å². The highest BCUT2D eigenvalue weighted by atomic mass is 32.1. The standard InChI is InChI=1S/C14H19N3OS/c18-13(11-4-2-1-3-5-11)16-12-6-8-17(10-12)14-15-7-9-19-14/h1-2,7,9,11-12H,3-6,8,10H2,(H,16,18). The molecule has 2 atom stereocenters. The molecule has 1 N–H and O–H groups in total. The van der Waals surface area contributed by atoms with Crippen LogP contribution in [-0.2, 0) is 4.79 Å². The highest BCUT2D eigenvalue weighted by Crippen LogP contribution is 2.23. The van der Waals surface area contributed by atoms with E-state index in [0.717, 1.165) is 43.9 Å². The van der Waals surface area contributed by atoms with Crippen molar-refractivity contribution in [2.24, 2.45) is 5.92 Å².